The lowest BCUT2D eigenvalue weighted by atomic mass is 10.1. The van der Waals surface area contributed by atoms with Crippen LogP contribution in [0.3, 0.4) is 0 Å². The SMILES string of the molecule is CCCC(CC)NCc1ccccc1CNC(=O)OC(C)(C)C. The van der Waals surface area contributed by atoms with Crippen molar-refractivity contribution in [1.29, 1.82) is 0 Å². The summed E-state index contributed by atoms with van der Waals surface area (Å²) < 4.78 is 5.28. The molecule has 4 nitrogen and oxygen atoms in total. The van der Waals surface area contributed by atoms with Crippen LogP contribution >= 0.6 is 0 Å². The fourth-order valence-corrected chi connectivity index (χ4v) is 2.44. The number of hydrogen-bond acceptors (Lipinski definition) is 3. The second-order valence-corrected chi connectivity index (χ2v) is 6.90. The van der Waals surface area contributed by atoms with Gasteiger partial charge in [0, 0.05) is 19.1 Å². The van der Waals surface area contributed by atoms with Gasteiger partial charge in [0.2, 0.25) is 0 Å². The number of alkyl carbamates (subject to hydrolysis) is 1. The summed E-state index contributed by atoms with van der Waals surface area (Å²) in [5.41, 5.74) is 1.87. The summed E-state index contributed by atoms with van der Waals surface area (Å²) in [5, 5.41) is 6.44. The molecule has 0 aliphatic carbocycles. The summed E-state index contributed by atoms with van der Waals surface area (Å²) in [6.07, 6.45) is 3.13. The van der Waals surface area contributed by atoms with E-state index in [1.54, 1.807) is 0 Å². The number of benzene rings is 1. The molecule has 0 fully saturated rings. The van der Waals surface area contributed by atoms with Crippen LogP contribution in [0.25, 0.3) is 0 Å². The first kappa shape index (κ1) is 19.5. The molecule has 0 saturated carbocycles. The van der Waals surface area contributed by atoms with E-state index in [1.807, 2.05) is 32.9 Å². The summed E-state index contributed by atoms with van der Waals surface area (Å²) in [6, 6.07) is 8.74. The molecule has 0 saturated heterocycles. The molecule has 1 atom stereocenters. The predicted molar refractivity (Wildman–Crippen MR) is 95.3 cm³/mol. The van der Waals surface area contributed by atoms with Crippen molar-refractivity contribution < 1.29 is 9.53 Å². The Morgan fingerprint density at radius 3 is 2.26 bits per heavy atom. The van der Waals surface area contributed by atoms with E-state index >= 15 is 0 Å². The maximum atomic E-state index is 11.8. The molecule has 0 aromatic heterocycles. The molecule has 1 aromatic carbocycles. The Hall–Kier alpha value is -1.55. The number of hydrogen-bond donors (Lipinski definition) is 2. The van der Waals surface area contributed by atoms with Gasteiger partial charge in [-0.05, 0) is 44.7 Å². The topological polar surface area (TPSA) is 50.4 Å². The Balaban J connectivity index is 2.58. The highest BCUT2D eigenvalue weighted by molar-refractivity contribution is 5.67. The Labute approximate surface area is 141 Å². The number of nitrogens with one attached hydrogen (secondary N) is 2. The van der Waals surface area contributed by atoms with Crippen LogP contribution < -0.4 is 10.6 Å². The molecule has 0 spiro atoms. The van der Waals surface area contributed by atoms with E-state index in [4.69, 9.17) is 4.74 Å². The van der Waals surface area contributed by atoms with Crippen LogP contribution in [0.2, 0.25) is 0 Å². The fourth-order valence-electron chi connectivity index (χ4n) is 2.44. The number of rotatable bonds is 8. The number of carbonyl (C=O) groups is 1. The number of amides is 1. The summed E-state index contributed by atoms with van der Waals surface area (Å²) in [5.74, 6) is 0. The van der Waals surface area contributed by atoms with Gasteiger partial charge in [-0.25, -0.2) is 4.79 Å². The molecule has 1 unspecified atom stereocenters. The van der Waals surface area contributed by atoms with Crippen molar-refractivity contribution >= 4 is 6.09 Å². The first-order valence-electron chi connectivity index (χ1n) is 8.62. The molecule has 0 radical (unpaired) electrons. The average molecular weight is 320 g/mol. The van der Waals surface area contributed by atoms with Crippen molar-refractivity contribution in [3.63, 3.8) is 0 Å². The lowest BCUT2D eigenvalue weighted by Gasteiger charge is -2.20. The largest absolute Gasteiger partial charge is 0.444 e. The molecule has 0 aliphatic heterocycles. The lowest BCUT2D eigenvalue weighted by molar-refractivity contribution is 0.0523. The minimum absolute atomic E-state index is 0.377. The van der Waals surface area contributed by atoms with Crippen LogP contribution in [0.1, 0.15) is 65.0 Å². The van der Waals surface area contributed by atoms with Crippen molar-refractivity contribution in [2.75, 3.05) is 0 Å². The minimum atomic E-state index is -0.473. The van der Waals surface area contributed by atoms with Gasteiger partial charge in [-0.1, -0.05) is 44.5 Å². The van der Waals surface area contributed by atoms with Crippen molar-refractivity contribution in [2.24, 2.45) is 0 Å². The van der Waals surface area contributed by atoms with Gasteiger partial charge in [0.15, 0.2) is 0 Å². The zero-order valence-corrected chi connectivity index (χ0v) is 15.2. The fraction of sp³-hybridized carbons (Fsp3) is 0.632. The molecule has 0 bridgehead atoms. The summed E-state index contributed by atoms with van der Waals surface area (Å²) in [6.45, 7) is 11.3. The highest BCUT2D eigenvalue weighted by Gasteiger charge is 2.16. The second-order valence-electron chi connectivity index (χ2n) is 6.90. The molecule has 2 N–H and O–H groups in total. The van der Waals surface area contributed by atoms with E-state index < -0.39 is 5.60 Å². The van der Waals surface area contributed by atoms with Crippen molar-refractivity contribution in [1.82, 2.24) is 10.6 Å². The van der Waals surface area contributed by atoms with E-state index in [0.717, 1.165) is 18.5 Å². The van der Waals surface area contributed by atoms with E-state index in [1.165, 1.54) is 18.4 Å². The maximum Gasteiger partial charge on any atom is 0.407 e. The summed E-state index contributed by atoms with van der Waals surface area (Å²) in [4.78, 5) is 11.8. The average Bonchev–Trinajstić information content (AvgIpc) is 2.48. The van der Waals surface area contributed by atoms with Gasteiger partial charge < -0.3 is 15.4 Å². The Bertz CT molecular complexity index is 481. The molecule has 130 valence electrons. The van der Waals surface area contributed by atoms with Gasteiger partial charge in [-0.15, -0.1) is 0 Å². The monoisotopic (exact) mass is 320 g/mol. The number of carbonyl (C=O) groups excluding carboxylic acids is 1. The van der Waals surface area contributed by atoms with Crippen molar-refractivity contribution in [3.8, 4) is 0 Å². The second kappa shape index (κ2) is 9.56. The Kier molecular flexibility index (Phi) is 8.10. The number of ether oxygens (including phenoxy) is 1. The third kappa shape index (κ3) is 8.03. The first-order valence-corrected chi connectivity index (χ1v) is 8.62. The van der Waals surface area contributed by atoms with Crippen LogP contribution in [0.5, 0.6) is 0 Å². The molecular formula is C19H32N2O2. The van der Waals surface area contributed by atoms with Gasteiger partial charge in [-0.3, -0.25) is 0 Å². The van der Waals surface area contributed by atoms with Crippen LogP contribution in [-0.2, 0) is 17.8 Å². The smallest absolute Gasteiger partial charge is 0.407 e. The summed E-state index contributed by atoms with van der Waals surface area (Å²) >= 11 is 0. The molecular weight excluding hydrogens is 288 g/mol. The zero-order valence-electron chi connectivity index (χ0n) is 15.2. The minimum Gasteiger partial charge on any atom is -0.444 e. The Morgan fingerprint density at radius 1 is 1.13 bits per heavy atom. The van der Waals surface area contributed by atoms with Crippen LogP contribution in [0.15, 0.2) is 24.3 Å². The lowest BCUT2D eigenvalue weighted by Crippen LogP contribution is -2.32. The predicted octanol–water partition coefficient (Wildman–Crippen LogP) is 4.38. The third-order valence-corrected chi connectivity index (χ3v) is 3.65. The molecule has 0 heterocycles. The van der Waals surface area contributed by atoms with Gasteiger partial charge in [0.1, 0.15) is 5.60 Å². The zero-order chi connectivity index (χ0) is 17.3. The highest BCUT2D eigenvalue weighted by Crippen LogP contribution is 2.11. The van der Waals surface area contributed by atoms with Gasteiger partial charge >= 0.3 is 6.09 Å². The van der Waals surface area contributed by atoms with E-state index in [9.17, 15) is 4.79 Å². The molecule has 23 heavy (non-hydrogen) atoms. The van der Waals surface area contributed by atoms with Crippen LogP contribution in [0, 0.1) is 0 Å². The Morgan fingerprint density at radius 2 is 1.74 bits per heavy atom. The molecule has 1 amide bonds. The standard InChI is InChI=1S/C19H32N2O2/c1-6-10-17(7-2)20-13-15-11-8-9-12-16(15)14-21-18(22)23-19(3,4)5/h8-9,11-12,17,20H,6-7,10,13-14H2,1-5H3,(H,21,22). The molecule has 1 rings (SSSR count). The van der Waals surface area contributed by atoms with Crippen molar-refractivity contribution in [3.05, 3.63) is 35.4 Å². The molecule has 4 heteroatoms. The maximum absolute atomic E-state index is 11.8. The van der Waals surface area contributed by atoms with E-state index in [2.05, 4.69) is 36.6 Å². The van der Waals surface area contributed by atoms with Crippen LogP contribution in [0.4, 0.5) is 4.79 Å². The van der Waals surface area contributed by atoms with Gasteiger partial charge in [-0.2, -0.15) is 0 Å². The normalized spacial score (nSPS) is 12.7. The van der Waals surface area contributed by atoms with Gasteiger partial charge in [0.25, 0.3) is 0 Å². The van der Waals surface area contributed by atoms with Crippen molar-refractivity contribution in [2.45, 2.75) is 78.6 Å². The third-order valence-electron chi connectivity index (χ3n) is 3.65. The summed E-state index contributed by atoms with van der Waals surface area (Å²) in [7, 11) is 0. The highest BCUT2D eigenvalue weighted by atomic mass is 16.6. The quantitative estimate of drug-likeness (QED) is 0.747. The van der Waals surface area contributed by atoms with E-state index in [-0.39, 0.29) is 6.09 Å². The van der Waals surface area contributed by atoms with Crippen LogP contribution in [-0.4, -0.2) is 17.7 Å². The molecule has 0 aliphatic rings. The first-order chi connectivity index (χ1) is 10.9. The van der Waals surface area contributed by atoms with E-state index in [0.29, 0.717) is 12.6 Å². The molecule has 1 aromatic rings. The van der Waals surface area contributed by atoms with Gasteiger partial charge in [0.05, 0.1) is 0 Å².